The highest BCUT2D eigenvalue weighted by Gasteiger charge is 2.41. The third-order valence-electron chi connectivity index (χ3n) is 5.42. The molecule has 0 aliphatic carbocycles. The van der Waals surface area contributed by atoms with Crippen molar-refractivity contribution in [3.8, 4) is 0 Å². The largest absolute Gasteiger partial charge is 0.356 e. The Morgan fingerprint density at radius 2 is 2.04 bits per heavy atom. The third kappa shape index (κ3) is 2.50. The van der Waals surface area contributed by atoms with E-state index in [2.05, 4.69) is 59.0 Å². The monoisotopic (exact) mass is 374 g/mol. The summed E-state index contributed by atoms with van der Waals surface area (Å²) >= 11 is 0. The van der Waals surface area contributed by atoms with Gasteiger partial charge < -0.3 is 9.88 Å². The first kappa shape index (κ1) is 16.9. The number of para-hydroxylation sites is 1. The summed E-state index contributed by atoms with van der Waals surface area (Å²) in [4.78, 5) is 27.4. The van der Waals surface area contributed by atoms with Crippen LogP contribution in [0.25, 0.3) is 16.7 Å². The maximum atomic E-state index is 13.4. The highest BCUT2D eigenvalue weighted by atomic mass is 16.2. The molecule has 1 aliphatic rings. The minimum Gasteiger partial charge on any atom is -0.356 e. The summed E-state index contributed by atoms with van der Waals surface area (Å²) in [6.45, 7) is 7.13. The molecule has 0 saturated heterocycles. The number of rotatable bonds is 1. The van der Waals surface area contributed by atoms with Gasteiger partial charge in [-0.1, -0.05) is 39.0 Å². The number of nitrogens with one attached hydrogen (secondary N) is 1. The number of hydrogen-bond donors (Lipinski definition) is 1. The van der Waals surface area contributed by atoms with E-state index in [9.17, 15) is 4.79 Å². The number of amides is 1. The van der Waals surface area contributed by atoms with Crippen molar-refractivity contribution in [2.24, 2.45) is 5.41 Å². The zero-order valence-electron chi connectivity index (χ0n) is 16.2. The van der Waals surface area contributed by atoms with Crippen LogP contribution in [-0.2, 0) is 6.42 Å². The Kier molecular flexibility index (Phi) is 3.56. The highest BCUT2D eigenvalue weighted by Crippen LogP contribution is 2.44. The van der Waals surface area contributed by atoms with Gasteiger partial charge in [0.2, 0.25) is 5.82 Å². The molecule has 1 aromatic carbocycles. The molecule has 1 amide bonds. The van der Waals surface area contributed by atoms with Gasteiger partial charge in [-0.2, -0.15) is 4.98 Å². The summed E-state index contributed by atoms with van der Waals surface area (Å²) in [7, 11) is 0. The minimum atomic E-state index is -0.158. The van der Waals surface area contributed by atoms with E-state index in [1.807, 2.05) is 11.0 Å². The summed E-state index contributed by atoms with van der Waals surface area (Å²) in [6.07, 6.45) is 4.20. The van der Waals surface area contributed by atoms with Crippen molar-refractivity contribution in [3.05, 3.63) is 59.8 Å². The molecule has 0 unspecified atom stereocenters. The van der Waals surface area contributed by atoms with Gasteiger partial charge in [-0.25, -0.2) is 9.50 Å². The smallest absolute Gasteiger partial charge is 0.294 e. The van der Waals surface area contributed by atoms with Gasteiger partial charge in [-0.3, -0.25) is 4.79 Å². The summed E-state index contributed by atoms with van der Waals surface area (Å²) in [6, 6.07) is 10.0. The van der Waals surface area contributed by atoms with Gasteiger partial charge in [0.05, 0.1) is 6.04 Å². The SMILES string of the molecule is CC(C)(C)[C@H]1c2[nH]c3ccccc3c2CCN1C(=O)c1nc2ncccn2n1. The lowest BCUT2D eigenvalue weighted by atomic mass is 9.79. The van der Waals surface area contributed by atoms with Crippen molar-refractivity contribution >= 4 is 22.6 Å². The lowest BCUT2D eigenvalue weighted by molar-refractivity contribution is 0.0463. The van der Waals surface area contributed by atoms with Crippen LogP contribution in [0.4, 0.5) is 0 Å². The number of benzene rings is 1. The van der Waals surface area contributed by atoms with Gasteiger partial charge in [0.15, 0.2) is 0 Å². The summed E-state index contributed by atoms with van der Waals surface area (Å²) in [5.74, 6) is 0.462. The summed E-state index contributed by atoms with van der Waals surface area (Å²) < 4.78 is 1.54. The molecular formula is C21H22N6O. The van der Waals surface area contributed by atoms with E-state index in [1.54, 1.807) is 18.5 Å². The van der Waals surface area contributed by atoms with Crippen LogP contribution in [-0.4, -0.2) is 41.9 Å². The Balaban J connectivity index is 1.61. The average molecular weight is 374 g/mol. The van der Waals surface area contributed by atoms with E-state index >= 15 is 0 Å². The first-order valence-electron chi connectivity index (χ1n) is 9.51. The van der Waals surface area contributed by atoms with E-state index in [0.717, 1.165) is 17.6 Å². The zero-order chi connectivity index (χ0) is 19.5. The Morgan fingerprint density at radius 3 is 2.82 bits per heavy atom. The van der Waals surface area contributed by atoms with Crippen LogP contribution in [0.1, 0.15) is 48.7 Å². The molecule has 1 aliphatic heterocycles. The second kappa shape index (κ2) is 5.89. The molecule has 1 N–H and O–H groups in total. The maximum Gasteiger partial charge on any atom is 0.294 e. The normalized spacial score (nSPS) is 17.2. The van der Waals surface area contributed by atoms with Crippen LogP contribution in [0, 0.1) is 5.41 Å². The lowest BCUT2D eigenvalue weighted by Crippen LogP contribution is -2.45. The molecule has 5 rings (SSSR count). The Morgan fingerprint density at radius 1 is 1.21 bits per heavy atom. The fourth-order valence-electron chi connectivity index (χ4n) is 4.31. The van der Waals surface area contributed by atoms with E-state index < -0.39 is 0 Å². The maximum absolute atomic E-state index is 13.4. The third-order valence-corrected chi connectivity index (χ3v) is 5.42. The summed E-state index contributed by atoms with van der Waals surface area (Å²) in [5.41, 5.74) is 3.40. The van der Waals surface area contributed by atoms with Crippen LogP contribution in [0.3, 0.4) is 0 Å². The Hall–Kier alpha value is -3.22. The molecule has 0 bridgehead atoms. The lowest BCUT2D eigenvalue weighted by Gasteiger charge is -2.42. The average Bonchev–Trinajstić information content (AvgIpc) is 3.27. The Labute approximate surface area is 162 Å². The van der Waals surface area contributed by atoms with Crippen LogP contribution in [0.15, 0.2) is 42.7 Å². The molecule has 7 nitrogen and oxygen atoms in total. The number of hydrogen-bond acceptors (Lipinski definition) is 4. The fourth-order valence-corrected chi connectivity index (χ4v) is 4.31. The second-order valence-corrected chi connectivity index (χ2v) is 8.38. The first-order valence-corrected chi connectivity index (χ1v) is 9.51. The number of fused-ring (bicyclic) bond motifs is 4. The molecule has 1 atom stereocenters. The Bertz CT molecular complexity index is 1170. The number of H-pyrrole nitrogens is 1. The van der Waals surface area contributed by atoms with Gasteiger partial charge in [0.25, 0.3) is 11.7 Å². The molecule has 0 saturated carbocycles. The van der Waals surface area contributed by atoms with Gasteiger partial charge in [-0.15, -0.1) is 5.10 Å². The van der Waals surface area contributed by atoms with Crippen LogP contribution in [0.5, 0.6) is 0 Å². The molecule has 0 spiro atoms. The van der Waals surface area contributed by atoms with Crippen molar-refractivity contribution in [2.45, 2.75) is 33.2 Å². The molecule has 7 heteroatoms. The first-order chi connectivity index (χ1) is 13.4. The topological polar surface area (TPSA) is 79.2 Å². The molecule has 0 fully saturated rings. The molecule has 142 valence electrons. The minimum absolute atomic E-state index is 0.0873. The van der Waals surface area contributed by atoms with E-state index in [4.69, 9.17) is 0 Å². The van der Waals surface area contributed by atoms with Crippen molar-refractivity contribution in [2.75, 3.05) is 6.54 Å². The van der Waals surface area contributed by atoms with Crippen LogP contribution >= 0.6 is 0 Å². The molecule has 0 radical (unpaired) electrons. The van der Waals surface area contributed by atoms with Crippen molar-refractivity contribution in [3.63, 3.8) is 0 Å². The number of nitrogens with zero attached hydrogens (tertiary/aromatic N) is 5. The van der Waals surface area contributed by atoms with Crippen molar-refractivity contribution < 1.29 is 4.79 Å². The van der Waals surface area contributed by atoms with Gasteiger partial charge in [-0.05, 0) is 29.5 Å². The second-order valence-electron chi connectivity index (χ2n) is 8.38. The van der Waals surface area contributed by atoms with Gasteiger partial charge in [0.1, 0.15) is 0 Å². The van der Waals surface area contributed by atoms with Gasteiger partial charge in [0, 0.05) is 35.5 Å². The highest BCUT2D eigenvalue weighted by molar-refractivity contribution is 5.92. The van der Waals surface area contributed by atoms with Crippen LogP contribution in [0.2, 0.25) is 0 Å². The van der Waals surface area contributed by atoms with Gasteiger partial charge >= 0.3 is 0 Å². The molecule has 4 heterocycles. The number of aromatic nitrogens is 5. The van der Waals surface area contributed by atoms with Crippen molar-refractivity contribution in [1.82, 2.24) is 29.5 Å². The number of aromatic amines is 1. The molecule has 3 aromatic heterocycles. The number of carbonyl (C=O) groups excluding carboxylic acids is 1. The molecular weight excluding hydrogens is 352 g/mol. The molecule has 28 heavy (non-hydrogen) atoms. The number of carbonyl (C=O) groups is 1. The zero-order valence-corrected chi connectivity index (χ0v) is 16.2. The molecule has 4 aromatic rings. The van der Waals surface area contributed by atoms with E-state index in [0.29, 0.717) is 12.3 Å². The van der Waals surface area contributed by atoms with Crippen molar-refractivity contribution in [1.29, 1.82) is 0 Å². The predicted octanol–water partition coefficient (Wildman–Crippen LogP) is 3.39. The van der Waals surface area contributed by atoms with E-state index in [-0.39, 0.29) is 23.2 Å². The van der Waals surface area contributed by atoms with Crippen LogP contribution < -0.4 is 0 Å². The predicted molar refractivity (Wildman–Crippen MR) is 106 cm³/mol. The quantitative estimate of drug-likeness (QED) is 0.554. The standard InChI is InChI=1S/C21H22N6O/c1-21(2,3)17-16-14(13-7-4-5-8-15(13)23-16)9-12-26(17)19(28)18-24-20-22-10-6-11-27(20)25-18/h4-8,10-11,17,23H,9,12H2,1-3H3/t17-/m1/s1. The fraction of sp³-hybridized carbons (Fsp3) is 0.333. The van der Waals surface area contributed by atoms with E-state index in [1.165, 1.54) is 15.5 Å². The summed E-state index contributed by atoms with van der Waals surface area (Å²) in [5, 5.41) is 5.59.